The number of nitrogens with two attached hydrogens (primary N) is 1. The summed E-state index contributed by atoms with van der Waals surface area (Å²) in [5.41, 5.74) is 5.60. The minimum atomic E-state index is 0.417. The molecule has 0 spiro atoms. The van der Waals surface area contributed by atoms with E-state index in [-0.39, 0.29) is 0 Å². The van der Waals surface area contributed by atoms with E-state index in [4.69, 9.17) is 5.73 Å². The summed E-state index contributed by atoms with van der Waals surface area (Å²) in [5.74, 6) is 1.06. The molecule has 14 heavy (non-hydrogen) atoms. The minimum absolute atomic E-state index is 0.417. The SMILES string of the molecule is CCCC[C@@H](CC)Cn1nnnc1N. The molecule has 80 valence electrons. The van der Waals surface area contributed by atoms with Crippen molar-refractivity contribution >= 4 is 5.95 Å². The fraction of sp³-hybridized carbons (Fsp3) is 0.889. The first-order chi connectivity index (χ1) is 6.77. The second kappa shape index (κ2) is 5.57. The highest BCUT2D eigenvalue weighted by Crippen LogP contribution is 2.15. The van der Waals surface area contributed by atoms with Gasteiger partial charge in [-0.1, -0.05) is 38.2 Å². The van der Waals surface area contributed by atoms with Crippen molar-refractivity contribution in [2.75, 3.05) is 5.73 Å². The van der Waals surface area contributed by atoms with Gasteiger partial charge in [0.15, 0.2) is 0 Å². The first-order valence-corrected chi connectivity index (χ1v) is 5.29. The number of aromatic nitrogens is 4. The zero-order chi connectivity index (χ0) is 10.4. The molecule has 1 heterocycles. The van der Waals surface area contributed by atoms with E-state index in [0.717, 1.165) is 13.0 Å². The van der Waals surface area contributed by atoms with Crippen molar-refractivity contribution in [2.24, 2.45) is 5.92 Å². The van der Waals surface area contributed by atoms with Crippen LogP contribution in [0.2, 0.25) is 0 Å². The lowest BCUT2D eigenvalue weighted by Gasteiger charge is -2.13. The van der Waals surface area contributed by atoms with Gasteiger partial charge in [0.2, 0.25) is 5.95 Å². The quantitative estimate of drug-likeness (QED) is 0.749. The molecule has 0 unspecified atom stereocenters. The fourth-order valence-corrected chi connectivity index (χ4v) is 1.50. The Bertz CT molecular complexity index is 257. The summed E-state index contributed by atoms with van der Waals surface area (Å²) >= 11 is 0. The lowest BCUT2D eigenvalue weighted by Crippen LogP contribution is -2.13. The van der Waals surface area contributed by atoms with Crippen molar-refractivity contribution in [2.45, 2.75) is 46.1 Å². The smallest absolute Gasteiger partial charge is 0.240 e. The van der Waals surface area contributed by atoms with Gasteiger partial charge in [0.05, 0.1) is 0 Å². The summed E-state index contributed by atoms with van der Waals surface area (Å²) in [7, 11) is 0. The van der Waals surface area contributed by atoms with E-state index in [1.54, 1.807) is 4.68 Å². The van der Waals surface area contributed by atoms with Crippen LogP contribution in [0, 0.1) is 5.92 Å². The first-order valence-electron chi connectivity index (χ1n) is 5.29. The summed E-state index contributed by atoms with van der Waals surface area (Å²) in [6.45, 7) is 5.24. The molecule has 5 nitrogen and oxygen atoms in total. The number of rotatable bonds is 6. The predicted molar refractivity (Wildman–Crippen MR) is 55.5 cm³/mol. The fourth-order valence-electron chi connectivity index (χ4n) is 1.50. The molecule has 2 N–H and O–H groups in total. The van der Waals surface area contributed by atoms with Gasteiger partial charge in [0, 0.05) is 6.54 Å². The number of hydrogen-bond acceptors (Lipinski definition) is 4. The maximum absolute atomic E-state index is 5.60. The van der Waals surface area contributed by atoms with Crippen LogP contribution >= 0.6 is 0 Å². The molecule has 0 saturated heterocycles. The maximum atomic E-state index is 5.60. The molecule has 1 rings (SSSR count). The van der Waals surface area contributed by atoms with Gasteiger partial charge >= 0.3 is 0 Å². The summed E-state index contributed by atoms with van der Waals surface area (Å²) in [4.78, 5) is 0. The molecule has 0 saturated carbocycles. The van der Waals surface area contributed by atoms with Crippen molar-refractivity contribution < 1.29 is 0 Å². The summed E-state index contributed by atoms with van der Waals surface area (Å²) in [5, 5.41) is 11.0. The normalized spacial score (nSPS) is 13.0. The molecule has 1 atom stereocenters. The third kappa shape index (κ3) is 2.97. The zero-order valence-electron chi connectivity index (χ0n) is 8.98. The number of anilines is 1. The van der Waals surface area contributed by atoms with E-state index in [1.165, 1.54) is 19.3 Å². The van der Waals surface area contributed by atoms with Gasteiger partial charge in [-0.25, -0.2) is 4.68 Å². The van der Waals surface area contributed by atoms with Crippen molar-refractivity contribution in [3.8, 4) is 0 Å². The van der Waals surface area contributed by atoms with Crippen LogP contribution < -0.4 is 5.73 Å². The monoisotopic (exact) mass is 197 g/mol. The van der Waals surface area contributed by atoms with Crippen molar-refractivity contribution in [1.82, 2.24) is 20.2 Å². The molecular weight excluding hydrogens is 178 g/mol. The highest BCUT2D eigenvalue weighted by atomic mass is 15.6. The molecule has 0 fully saturated rings. The maximum Gasteiger partial charge on any atom is 0.240 e. The van der Waals surface area contributed by atoms with Gasteiger partial charge < -0.3 is 5.73 Å². The van der Waals surface area contributed by atoms with E-state index in [9.17, 15) is 0 Å². The van der Waals surface area contributed by atoms with E-state index >= 15 is 0 Å². The largest absolute Gasteiger partial charge is 0.367 e. The number of unbranched alkanes of at least 4 members (excludes halogenated alkanes) is 1. The summed E-state index contributed by atoms with van der Waals surface area (Å²) in [6, 6.07) is 0. The Morgan fingerprint density at radius 3 is 2.71 bits per heavy atom. The Morgan fingerprint density at radius 2 is 2.21 bits per heavy atom. The number of hydrogen-bond donors (Lipinski definition) is 1. The summed E-state index contributed by atoms with van der Waals surface area (Å²) < 4.78 is 1.68. The van der Waals surface area contributed by atoms with Crippen LogP contribution in [0.3, 0.4) is 0 Å². The second-order valence-electron chi connectivity index (χ2n) is 3.64. The Balaban J connectivity index is 2.44. The number of tetrazole rings is 1. The topological polar surface area (TPSA) is 69.6 Å². The van der Waals surface area contributed by atoms with Crippen LogP contribution in [0.4, 0.5) is 5.95 Å². The van der Waals surface area contributed by atoms with Crippen LogP contribution in [0.5, 0.6) is 0 Å². The lowest BCUT2D eigenvalue weighted by atomic mass is 9.99. The first kappa shape index (κ1) is 10.9. The molecule has 0 aliphatic rings. The molecule has 0 aliphatic carbocycles. The molecule has 1 aromatic heterocycles. The minimum Gasteiger partial charge on any atom is -0.367 e. The van der Waals surface area contributed by atoms with Crippen molar-refractivity contribution in [3.63, 3.8) is 0 Å². The number of nitrogen functional groups attached to an aromatic ring is 1. The van der Waals surface area contributed by atoms with Gasteiger partial charge in [-0.15, -0.1) is 0 Å². The van der Waals surface area contributed by atoms with Gasteiger partial charge in [-0.3, -0.25) is 0 Å². The Labute approximate surface area is 84.7 Å². The highest BCUT2D eigenvalue weighted by Gasteiger charge is 2.09. The molecule has 0 amide bonds. The third-order valence-corrected chi connectivity index (χ3v) is 2.53. The van der Waals surface area contributed by atoms with E-state index < -0.39 is 0 Å². The molecule has 0 aromatic carbocycles. The van der Waals surface area contributed by atoms with Crippen molar-refractivity contribution in [3.05, 3.63) is 0 Å². The average molecular weight is 197 g/mol. The molecule has 1 aromatic rings. The highest BCUT2D eigenvalue weighted by molar-refractivity contribution is 5.09. The lowest BCUT2D eigenvalue weighted by molar-refractivity contribution is 0.370. The van der Waals surface area contributed by atoms with Crippen LogP contribution in [0.15, 0.2) is 0 Å². The van der Waals surface area contributed by atoms with Crippen LogP contribution in [0.25, 0.3) is 0 Å². The second-order valence-corrected chi connectivity index (χ2v) is 3.64. The molecule has 5 heteroatoms. The Hall–Kier alpha value is -1.13. The molecule has 0 radical (unpaired) electrons. The van der Waals surface area contributed by atoms with E-state index in [2.05, 4.69) is 29.4 Å². The Kier molecular flexibility index (Phi) is 4.35. The van der Waals surface area contributed by atoms with Gasteiger partial charge in [-0.05, 0) is 22.8 Å². The zero-order valence-corrected chi connectivity index (χ0v) is 8.98. The molecule has 0 aliphatic heterocycles. The standard InChI is InChI=1S/C9H19N5/c1-3-5-6-8(4-2)7-14-9(10)11-12-13-14/h8H,3-7H2,1-2H3,(H2,10,11,13)/t8-/m1/s1. The predicted octanol–water partition coefficient (Wildman–Crippen LogP) is 1.47. The van der Waals surface area contributed by atoms with E-state index in [0.29, 0.717) is 11.9 Å². The Morgan fingerprint density at radius 1 is 1.43 bits per heavy atom. The van der Waals surface area contributed by atoms with Crippen LogP contribution in [0.1, 0.15) is 39.5 Å². The average Bonchev–Trinajstić information content (AvgIpc) is 2.59. The third-order valence-electron chi connectivity index (χ3n) is 2.53. The van der Waals surface area contributed by atoms with Gasteiger partial charge in [0.1, 0.15) is 0 Å². The molecule has 0 bridgehead atoms. The van der Waals surface area contributed by atoms with Crippen molar-refractivity contribution in [1.29, 1.82) is 0 Å². The van der Waals surface area contributed by atoms with Crippen LogP contribution in [-0.4, -0.2) is 20.2 Å². The van der Waals surface area contributed by atoms with Gasteiger partial charge in [0.25, 0.3) is 0 Å². The summed E-state index contributed by atoms with van der Waals surface area (Å²) in [6.07, 6.45) is 4.88. The van der Waals surface area contributed by atoms with Crippen LogP contribution in [-0.2, 0) is 6.54 Å². The number of nitrogens with zero attached hydrogens (tertiary/aromatic N) is 4. The van der Waals surface area contributed by atoms with E-state index in [1.807, 2.05) is 0 Å². The van der Waals surface area contributed by atoms with Gasteiger partial charge in [-0.2, -0.15) is 0 Å². The molecular formula is C9H19N5.